The Labute approximate surface area is 220 Å². The second kappa shape index (κ2) is 7.52. The molecule has 4 fully saturated rings. The number of piperidine rings is 1. The van der Waals surface area contributed by atoms with Gasteiger partial charge in [-0.2, -0.15) is 0 Å². The summed E-state index contributed by atoms with van der Waals surface area (Å²) >= 11 is 0. The Bertz CT molecular complexity index is 1240. The van der Waals surface area contributed by atoms with Crippen LogP contribution in [0.1, 0.15) is 70.1 Å². The van der Waals surface area contributed by atoms with Crippen LogP contribution in [0.4, 0.5) is 0 Å². The van der Waals surface area contributed by atoms with Gasteiger partial charge in [-0.3, -0.25) is 0 Å². The van der Waals surface area contributed by atoms with Gasteiger partial charge in [0, 0.05) is 35.5 Å². The van der Waals surface area contributed by atoms with Gasteiger partial charge in [-0.05, 0) is 68.2 Å². The third-order valence-electron chi connectivity index (χ3n) is 11.6. The maximum Gasteiger partial charge on any atom is 0.166 e. The molecule has 5 heteroatoms. The van der Waals surface area contributed by atoms with E-state index in [1.54, 1.807) is 0 Å². The van der Waals surface area contributed by atoms with E-state index in [1.807, 2.05) is 20.1 Å². The summed E-state index contributed by atoms with van der Waals surface area (Å²) in [5.41, 5.74) is 2.10. The number of benzene rings is 2. The molecule has 1 saturated heterocycles. The van der Waals surface area contributed by atoms with Gasteiger partial charge in [0.05, 0.1) is 5.60 Å². The summed E-state index contributed by atoms with van der Waals surface area (Å²) in [6, 6.07) is 15.1. The van der Waals surface area contributed by atoms with Crippen LogP contribution < -0.4 is 14.8 Å². The number of fused-ring (bicyclic) bond motifs is 2. The first kappa shape index (κ1) is 24.0. The molecule has 2 N–H and O–H groups in total. The van der Waals surface area contributed by atoms with Crippen molar-refractivity contribution < 1.29 is 19.3 Å². The summed E-state index contributed by atoms with van der Waals surface area (Å²) in [4.78, 5) is 0. The summed E-state index contributed by atoms with van der Waals surface area (Å²) in [5, 5.41) is 16.1. The maximum atomic E-state index is 12.2. The largest absolute Gasteiger partial charge is 0.485 e. The molecule has 4 bridgehead atoms. The van der Waals surface area contributed by atoms with Crippen molar-refractivity contribution in [1.29, 1.82) is 0 Å². The number of rotatable bonds is 5. The summed E-state index contributed by atoms with van der Waals surface area (Å²) < 4.78 is 20.3. The molecule has 5 nitrogen and oxygen atoms in total. The zero-order chi connectivity index (χ0) is 25.8. The van der Waals surface area contributed by atoms with Gasteiger partial charge in [0.15, 0.2) is 11.5 Å². The van der Waals surface area contributed by atoms with Gasteiger partial charge in [-0.25, -0.2) is 0 Å². The molecule has 6 aliphatic rings. The third kappa shape index (κ3) is 2.76. The van der Waals surface area contributed by atoms with E-state index < -0.39 is 11.2 Å². The Hall–Kier alpha value is -2.08. The van der Waals surface area contributed by atoms with Crippen molar-refractivity contribution in [2.45, 2.75) is 95.2 Å². The highest BCUT2D eigenvalue weighted by Crippen LogP contribution is 2.77. The monoisotopic (exact) mass is 503 g/mol. The topological polar surface area (TPSA) is 60.0 Å². The van der Waals surface area contributed by atoms with E-state index in [0.717, 1.165) is 55.7 Å². The predicted molar refractivity (Wildman–Crippen MR) is 143 cm³/mol. The van der Waals surface area contributed by atoms with E-state index in [2.05, 4.69) is 62.5 Å². The predicted octanol–water partition coefficient (Wildman–Crippen LogP) is 5.16. The molecular weight excluding hydrogens is 462 g/mol. The Kier molecular flexibility index (Phi) is 4.88. The van der Waals surface area contributed by atoms with Gasteiger partial charge in [0.2, 0.25) is 0 Å². The summed E-state index contributed by atoms with van der Waals surface area (Å²) in [6.45, 7) is 10.0. The number of ether oxygens (including phenoxy) is 3. The van der Waals surface area contributed by atoms with E-state index in [-0.39, 0.29) is 28.3 Å². The second-order valence-corrected chi connectivity index (χ2v) is 13.6. The van der Waals surface area contributed by atoms with Gasteiger partial charge in [0.1, 0.15) is 18.3 Å². The van der Waals surface area contributed by atoms with E-state index in [4.69, 9.17) is 14.2 Å². The van der Waals surface area contributed by atoms with Crippen molar-refractivity contribution in [2.75, 3.05) is 13.7 Å². The Morgan fingerprint density at radius 2 is 1.84 bits per heavy atom. The molecule has 2 aromatic carbocycles. The summed E-state index contributed by atoms with van der Waals surface area (Å²) in [6.07, 6.45) is 4.87. The molecule has 3 unspecified atom stereocenters. The van der Waals surface area contributed by atoms with Crippen LogP contribution in [-0.4, -0.2) is 42.1 Å². The highest BCUT2D eigenvalue weighted by Gasteiger charge is 2.81. The smallest absolute Gasteiger partial charge is 0.166 e. The molecule has 7 atom stereocenters. The first-order valence-corrected chi connectivity index (χ1v) is 14.1. The van der Waals surface area contributed by atoms with Gasteiger partial charge in [0.25, 0.3) is 0 Å². The van der Waals surface area contributed by atoms with E-state index in [1.165, 1.54) is 11.1 Å². The fraction of sp³-hybridized carbons (Fsp3) is 0.625. The standard InChI is InChI=1S/C32H41NO4/c1-28(2,3)29(4,34)23-18-30-13-14-32(23,35-5)27-31(30)15-16-33-24(30)17-21-11-12-22(26(37-27)25(21)31)36-19-20-9-7-6-8-10-20/h6-12,23-24,27,33-34H,13-19H2,1-5H3/t23-,24?,27-,29?,30-,31?,32-/m1/s1. The van der Waals surface area contributed by atoms with Crippen LogP contribution in [0.5, 0.6) is 11.5 Å². The van der Waals surface area contributed by atoms with Gasteiger partial charge >= 0.3 is 0 Å². The van der Waals surface area contributed by atoms with E-state index in [9.17, 15) is 5.11 Å². The van der Waals surface area contributed by atoms with Crippen LogP contribution in [-0.2, 0) is 23.2 Å². The van der Waals surface area contributed by atoms with Crippen molar-refractivity contribution in [3.05, 3.63) is 59.2 Å². The van der Waals surface area contributed by atoms with Crippen LogP contribution in [0.25, 0.3) is 0 Å². The molecule has 8 rings (SSSR count). The zero-order valence-corrected chi connectivity index (χ0v) is 22.9. The lowest BCUT2D eigenvalue weighted by atomic mass is 9.33. The third-order valence-corrected chi connectivity index (χ3v) is 11.6. The number of methoxy groups -OCH3 is 1. The molecule has 0 amide bonds. The minimum Gasteiger partial charge on any atom is -0.485 e. The summed E-state index contributed by atoms with van der Waals surface area (Å²) in [7, 11) is 1.85. The normalized spacial score (nSPS) is 38.5. The molecule has 2 spiro atoms. The SMILES string of the molecule is CO[C@]12CC[C@@]3(C[C@@H]1C(C)(O)C(C)(C)C)C1Cc4ccc(OCc5ccccc5)c5c4C3(CCN1)[C@H]2O5. The minimum atomic E-state index is -0.905. The fourth-order valence-corrected chi connectivity index (χ4v) is 9.36. The molecule has 0 radical (unpaired) electrons. The van der Waals surface area contributed by atoms with Crippen LogP contribution in [0.15, 0.2) is 42.5 Å². The van der Waals surface area contributed by atoms with Crippen LogP contribution in [0, 0.1) is 16.7 Å². The van der Waals surface area contributed by atoms with Crippen LogP contribution >= 0.6 is 0 Å². The Balaban J connectivity index is 1.40. The lowest BCUT2D eigenvalue weighted by Gasteiger charge is -2.74. The maximum absolute atomic E-state index is 12.2. The molecule has 2 aliphatic heterocycles. The quantitative estimate of drug-likeness (QED) is 0.590. The molecule has 37 heavy (non-hydrogen) atoms. The van der Waals surface area contributed by atoms with Gasteiger partial charge in [-0.1, -0.05) is 57.2 Å². The van der Waals surface area contributed by atoms with Gasteiger partial charge < -0.3 is 24.6 Å². The zero-order valence-electron chi connectivity index (χ0n) is 22.9. The van der Waals surface area contributed by atoms with Crippen molar-refractivity contribution in [3.8, 4) is 11.5 Å². The minimum absolute atomic E-state index is 0.0242. The molecule has 198 valence electrons. The highest BCUT2D eigenvalue weighted by molar-refractivity contribution is 5.63. The van der Waals surface area contributed by atoms with Crippen molar-refractivity contribution in [3.63, 3.8) is 0 Å². The summed E-state index contributed by atoms with van der Waals surface area (Å²) in [5.74, 6) is 1.75. The van der Waals surface area contributed by atoms with Gasteiger partial charge in [-0.15, -0.1) is 0 Å². The average Bonchev–Trinajstić information content (AvgIpc) is 3.24. The lowest BCUT2D eigenvalue weighted by Crippen LogP contribution is -2.83. The van der Waals surface area contributed by atoms with Crippen LogP contribution in [0.2, 0.25) is 0 Å². The highest BCUT2D eigenvalue weighted by atomic mass is 16.6. The number of aliphatic hydroxyl groups is 1. The first-order chi connectivity index (χ1) is 17.6. The van der Waals surface area contributed by atoms with Crippen molar-refractivity contribution in [1.82, 2.24) is 5.32 Å². The molecule has 4 aliphatic carbocycles. The lowest BCUT2D eigenvalue weighted by molar-refractivity contribution is -0.303. The number of hydrogen-bond acceptors (Lipinski definition) is 5. The Morgan fingerprint density at radius 3 is 2.57 bits per heavy atom. The van der Waals surface area contributed by atoms with Crippen LogP contribution in [0.3, 0.4) is 0 Å². The number of hydrogen-bond donors (Lipinski definition) is 2. The molecule has 0 aromatic heterocycles. The van der Waals surface area contributed by atoms with E-state index >= 15 is 0 Å². The Morgan fingerprint density at radius 1 is 1.05 bits per heavy atom. The molecular formula is C32H41NO4. The molecule has 2 heterocycles. The molecule has 2 aromatic rings. The fourth-order valence-electron chi connectivity index (χ4n) is 9.36. The van der Waals surface area contributed by atoms with Crippen molar-refractivity contribution >= 4 is 0 Å². The molecule has 3 saturated carbocycles. The first-order valence-electron chi connectivity index (χ1n) is 14.1. The second-order valence-electron chi connectivity index (χ2n) is 13.6. The van der Waals surface area contributed by atoms with E-state index in [0.29, 0.717) is 12.6 Å². The average molecular weight is 504 g/mol. The number of nitrogens with one attached hydrogen (secondary N) is 1. The van der Waals surface area contributed by atoms with Crippen molar-refractivity contribution in [2.24, 2.45) is 16.7 Å².